The van der Waals surface area contributed by atoms with E-state index in [-0.39, 0.29) is 17.3 Å². The van der Waals surface area contributed by atoms with Crippen LogP contribution in [0.15, 0.2) is 30.5 Å². The summed E-state index contributed by atoms with van der Waals surface area (Å²) in [6.45, 7) is 2.20. The first-order chi connectivity index (χ1) is 12.0. The van der Waals surface area contributed by atoms with E-state index < -0.39 is 5.91 Å². The molecule has 25 heavy (non-hydrogen) atoms. The van der Waals surface area contributed by atoms with Crippen molar-refractivity contribution in [2.24, 2.45) is 5.73 Å². The molecule has 0 unspecified atom stereocenters. The van der Waals surface area contributed by atoms with Gasteiger partial charge in [-0.15, -0.1) is 0 Å². The summed E-state index contributed by atoms with van der Waals surface area (Å²) in [4.78, 5) is 30.2. The minimum atomic E-state index is -0.580. The number of hydrogen-bond donors (Lipinski definition) is 2. The Hall–Kier alpha value is -3.03. The van der Waals surface area contributed by atoms with Gasteiger partial charge >= 0.3 is 0 Å². The highest BCUT2D eigenvalue weighted by Gasteiger charge is 2.25. The van der Waals surface area contributed by atoms with Gasteiger partial charge in [0.2, 0.25) is 5.91 Å². The number of halogens is 1. The van der Waals surface area contributed by atoms with Crippen molar-refractivity contribution >= 4 is 17.5 Å². The van der Waals surface area contributed by atoms with Crippen molar-refractivity contribution < 1.29 is 18.7 Å². The summed E-state index contributed by atoms with van der Waals surface area (Å²) in [5.41, 5.74) is 6.61. The Kier molecular flexibility index (Phi) is 4.60. The van der Waals surface area contributed by atoms with E-state index in [4.69, 9.17) is 10.5 Å². The predicted molar refractivity (Wildman–Crippen MR) is 90.4 cm³/mol. The van der Waals surface area contributed by atoms with Gasteiger partial charge in [-0.2, -0.15) is 0 Å². The second-order valence-corrected chi connectivity index (χ2v) is 5.76. The van der Waals surface area contributed by atoms with Crippen molar-refractivity contribution in [2.75, 3.05) is 38.2 Å². The maximum absolute atomic E-state index is 13.3. The Morgan fingerprint density at radius 1 is 1.20 bits per heavy atom. The molecule has 0 radical (unpaired) electrons. The summed E-state index contributed by atoms with van der Waals surface area (Å²) < 4.78 is 18.6. The third-order valence-corrected chi connectivity index (χ3v) is 4.25. The first-order valence-electron chi connectivity index (χ1n) is 7.85. The number of primary amides is 1. The molecule has 3 rings (SSSR count). The number of aromatic amines is 1. The number of nitrogens with two attached hydrogens (primary N) is 1. The Morgan fingerprint density at radius 2 is 1.92 bits per heavy atom. The zero-order valence-corrected chi connectivity index (χ0v) is 13.8. The number of carbonyl (C=O) groups excluding carboxylic acids is 2. The lowest BCUT2D eigenvalue weighted by Crippen LogP contribution is -2.49. The van der Waals surface area contributed by atoms with Gasteiger partial charge in [0.05, 0.1) is 18.4 Å². The fraction of sp³-hybridized carbons (Fsp3) is 0.294. The molecule has 8 heteroatoms. The number of hydrogen-bond acceptors (Lipinski definition) is 4. The van der Waals surface area contributed by atoms with Gasteiger partial charge in [0.25, 0.3) is 5.91 Å². The Balaban J connectivity index is 1.67. The summed E-state index contributed by atoms with van der Waals surface area (Å²) in [5.74, 6) is -0.650. The third kappa shape index (κ3) is 3.42. The zero-order chi connectivity index (χ0) is 18.0. The summed E-state index contributed by atoms with van der Waals surface area (Å²) in [7, 11) is 1.50. The highest BCUT2D eigenvalue weighted by molar-refractivity contribution is 5.98. The number of amides is 2. The maximum Gasteiger partial charge on any atom is 0.270 e. The van der Waals surface area contributed by atoms with E-state index in [0.29, 0.717) is 37.6 Å². The van der Waals surface area contributed by atoms with E-state index in [0.717, 1.165) is 5.69 Å². The molecule has 0 atom stereocenters. The number of ether oxygens (including phenoxy) is 1. The van der Waals surface area contributed by atoms with Crippen LogP contribution in [0.4, 0.5) is 10.1 Å². The van der Waals surface area contributed by atoms with Crippen molar-refractivity contribution in [3.05, 3.63) is 47.5 Å². The molecule has 1 aliphatic heterocycles. The predicted octanol–water partition coefficient (Wildman–Crippen LogP) is 1.22. The molecular weight excluding hydrogens is 327 g/mol. The average Bonchev–Trinajstić information content (AvgIpc) is 3.11. The molecule has 2 amide bonds. The molecule has 1 saturated heterocycles. The first kappa shape index (κ1) is 16.8. The van der Waals surface area contributed by atoms with Gasteiger partial charge in [0.1, 0.15) is 17.3 Å². The van der Waals surface area contributed by atoms with Crippen molar-refractivity contribution in [3.8, 4) is 5.75 Å². The number of H-pyrrole nitrogens is 1. The summed E-state index contributed by atoms with van der Waals surface area (Å²) in [6, 6.07) is 5.87. The summed E-state index contributed by atoms with van der Waals surface area (Å²) in [5, 5.41) is 0. The second kappa shape index (κ2) is 6.84. The van der Waals surface area contributed by atoms with Crippen LogP contribution in [-0.2, 0) is 0 Å². The molecule has 7 nitrogen and oxygen atoms in total. The van der Waals surface area contributed by atoms with Gasteiger partial charge < -0.3 is 25.3 Å². The van der Waals surface area contributed by atoms with Gasteiger partial charge in [-0.05, 0) is 18.2 Å². The van der Waals surface area contributed by atoms with Gasteiger partial charge in [-0.25, -0.2) is 4.39 Å². The number of piperazine rings is 1. The van der Waals surface area contributed by atoms with E-state index in [9.17, 15) is 14.0 Å². The van der Waals surface area contributed by atoms with Gasteiger partial charge in [0, 0.05) is 38.4 Å². The SMILES string of the molecule is COc1cc(F)ccc1N1CCN(C(=O)c2cc(C(N)=O)c[nH]2)CC1. The van der Waals surface area contributed by atoms with Gasteiger partial charge in [-0.1, -0.05) is 0 Å². The van der Waals surface area contributed by atoms with Crippen LogP contribution in [0, 0.1) is 5.82 Å². The molecule has 3 N–H and O–H groups in total. The lowest BCUT2D eigenvalue weighted by molar-refractivity contribution is 0.0741. The maximum atomic E-state index is 13.3. The number of aromatic nitrogens is 1. The smallest absolute Gasteiger partial charge is 0.270 e. The second-order valence-electron chi connectivity index (χ2n) is 5.76. The van der Waals surface area contributed by atoms with Crippen LogP contribution in [0.25, 0.3) is 0 Å². The van der Waals surface area contributed by atoms with E-state index in [1.807, 2.05) is 4.90 Å². The van der Waals surface area contributed by atoms with Crippen LogP contribution >= 0.6 is 0 Å². The molecule has 1 aromatic carbocycles. The van der Waals surface area contributed by atoms with Crippen LogP contribution in [0.5, 0.6) is 5.75 Å². The number of benzene rings is 1. The van der Waals surface area contributed by atoms with E-state index in [1.165, 1.54) is 31.5 Å². The summed E-state index contributed by atoms with van der Waals surface area (Å²) in [6.07, 6.45) is 1.43. The Bertz CT molecular complexity index is 797. The fourth-order valence-electron chi connectivity index (χ4n) is 2.89. The summed E-state index contributed by atoms with van der Waals surface area (Å²) >= 11 is 0. The van der Waals surface area contributed by atoms with Crippen LogP contribution in [-0.4, -0.2) is 55.0 Å². The Morgan fingerprint density at radius 3 is 2.52 bits per heavy atom. The van der Waals surface area contributed by atoms with Crippen LogP contribution in [0.1, 0.15) is 20.8 Å². The number of methoxy groups -OCH3 is 1. The minimum absolute atomic E-state index is 0.182. The van der Waals surface area contributed by atoms with Crippen LogP contribution in [0.2, 0.25) is 0 Å². The Labute approximate surface area is 144 Å². The molecule has 2 aromatic rings. The highest BCUT2D eigenvalue weighted by atomic mass is 19.1. The number of anilines is 1. The lowest BCUT2D eigenvalue weighted by Gasteiger charge is -2.36. The van der Waals surface area contributed by atoms with E-state index >= 15 is 0 Å². The molecule has 0 spiro atoms. The molecule has 0 bridgehead atoms. The van der Waals surface area contributed by atoms with Crippen molar-refractivity contribution in [1.29, 1.82) is 0 Å². The van der Waals surface area contributed by atoms with Crippen LogP contribution in [0.3, 0.4) is 0 Å². The fourth-order valence-corrected chi connectivity index (χ4v) is 2.89. The molecule has 0 saturated carbocycles. The lowest BCUT2D eigenvalue weighted by atomic mass is 10.2. The molecule has 0 aliphatic carbocycles. The molecule has 132 valence electrons. The molecule has 1 aliphatic rings. The zero-order valence-electron chi connectivity index (χ0n) is 13.8. The standard InChI is InChI=1S/C17H19FN4O3/c1-25-15-9-12(18)2-3-14(15)21-4-6-22(7-5-21)17(24)13-8-11(10-20-13)16(19)23/h2-3,8-10,20H,4-7H2,1H3,(H2,19,23). The van der Waals surface area contributed by atoms with E-state index in [1.54, 1.807) is 11.0 Å². The van der Waals surface area contributed by atoms with Gasteiger partial charge in [-0.3, -0.25) is 9.59 Å². The van der Waals surface area contributed by atoms with Crippen molar-refractivity contribution in [1.82, 2.24) is 9.88 Å². The molecule has 1 aromatic heterocycles. The average molecular weight is 346 g/mol. The quantitative estimate of drug-likeness (QED) is 0.871. The minimum Gasteiger partial charge on any atom is -0.494 e. The normalized spacial score (nSPS) is 14.5. The molecule has 1 fully saturated rings. The van der Waals surface area contributed by atoms with Gasteiger partial charge in [0.15, 0.2) is 0 Å². The first-order valence-corrected chi connectivity index (χ1v) is 7.85. The third-order valence-electron chi connectivity index (χ3n) is 4.25. The topological polar surface area (TPSA) is 91.7 Å². The monoisotopic (exact) mass is 346 g/mol. The van der Waals surface area contributed by atoms with Crippen LogP contribution < -0.4 is 15.4 Å². The molecule has 2 heterocycles. The number of rotatable bonds is 4. The van der Waals surface area contributed by atoms with Crippen molar-refractivity contribution in [3.63, 3.8) is 0 Å². The molecular formula is C17H19FN4O3. The van der Waals surface area contributed by atoms with Crippen molar-refractivity contribution in [2.45, 2.75) is 0 Å². The number of nitrogens with one attached hydrogen (secondary N) is 1. The number of nitrogens with zero attached hydrogens (tertiary/aromatic N) is 2. The number of carbonyl (C=O) groups is 2. The highest BCUT2D eigenvalue weighted by Crippen LogP contribution is 2.29. The van der Waals surface area contributed by atoms with E-state index in [2.05, 4.69) is 4.98 Å². The largest absolute Gasteiger partial charge is 0.494 e.